The van der Waals surface area contributed by atoms with Crippen molar-refractivity contribution in [3.05, 3.63) is 35.9 Å². The van der Waals surface area contributed by atoms with Crippen molar-refractivity contribution >= 4 is 11.6 Å². The summed E-state index contributed by atoms with van der Waals surface area (Å²) in [6, 6.07) is 9.33. The minimum Gasteiger partial charge on any atom is -0.300 e. The monoisotopic (exact) mass is 216 g/mol. The minimum absolute atomic E-state index is 0.167. The molecule has 1 unspecified atom stereocenters. The van der Waals surface area contributed by atoms with Crippen molar-refractivity contribution < 1.29 is 9.59 Å². The first-order chi connectivity index (χ1) is 7.75. The second-order valence-electron chi connectivity index (χ2n) is 4.49. The molecule has 1 atom stereocenters. The Labute approximate surface area is 95.7 Å². The third kappa shape index (κ3) is 2.78. The number of carbonyl (C=O) groups excluding carboxylic acids is 2. The van der Waals surface area contributed by atoms with Gasteiger partial charge in [0, 0.05) is 24.8 Å². The van der Waals surface area contributed by atoms with Gasteiger partial charge in [0.1, 0.15) is 5.78 Å². The lowest BCUT2D eigenvalue weighted by molar-refractivity contribution is -0.121. The second kappa shape index (κ2) is 5.06. The molecule has 0 spiro atoms. The topological polar surface area (TPSA) is 34.1 Å². The van der Waals surface area contributed by atoms with Gasteiger partial charge in [0.05, 0.1) is 0 Å². The van der Waals surface area contributed by atoms with E-state index in [1.54, 1.807) is 0 Å². The van der Waals surface area contributed by atoms with Crippen LogP contribution in [-0.4, -0.2) is 11.6 Å². The highest BCUT2D eigenvalue weighted by atomic mass is 16.1. The van der Waals surface area contributed by atoms with Gasteiger partial charge in [0.2, 0.25) is 0 Å². The molecule has 0 aromatic heterocycles. The van der Waals surface area contributed by atoms with Gasteiger partial charge in [-0.2, -0.15) is 0 Å². The average molecular weight is 216 g/mol. The summed E-state index contributed by atoms with van der Waals surface area (Å²) in [5, 5.41) is 0. The molecule has 84 valence electrons. The lowest BCUT2D eigenvalue weighted by Gasteiger charge is -2.19. The van der Waals surface area contributed by atoms with Crippen molar-refractivity contribution in [2.45, 2.75) is 32.1 Å². The highest BCUT2D eigenvalue weighted by Gasteiger charge is 2.22. The highest BCUT2D eigenvalue weighted by Crippen LogP contribution is 2.25. The van der Waals surface area contributed by atoms with E-state index in [0.29, 0.717) is 25.0 Å². The molecule has 0 saturated heterocycles. The summed E-state index contributed by atoms with van der Waals surface area (Å²) in [7, 11) is 0. The van der Waals surface area contributed by atoms with Crippen molar-refractivity contribution in [3.63, 3.8) is 0 Å². The van der Waals surface area contributed by atoms with Gasteiger partial charge >= 0.3 is 0 Å². The predicted octanol–water partition coefficient (Wildman–Crippen LogP) is 3.02. The van der Waals surface area contributed by atoms with E-state index in [1.165, 1.54) is 0 Å². The molecule has 0 N–H and O–H groups in total. The average Bonchev–Trinajstić information content (AvgIpc) is 2.30. The fourth-order valence-corrected chi connectivity index (χ4v) is 2.29. The van der Waals surface area contributed by atoms with E-state index in [-0.39, 0.29) is 11.7 Å². The molecule has 1 saturated carbocycles. The van der Waals surface area contributed by atoms with Crippen LogP contribution in [0.3, 0.4) is 0 Å². The fourth-order valence-electron chi connectivity index (χ4n) is 2.29. The van der Waals surface area contributed by atoms with Crippen molar-refractivity contribution in [2.75, 3.05) is 0 Å². The van der Waals surface area contributed by atoms with E-state index < -0.39 is 0 Å². The smallest absolute Gasteiger partial charge is 0.163 e. The maximum atomic E-state index is 11.9. The summed E-state index contributed by atoms with van der Waals surface area (Å²) < 4.78 is 0. The molecule has 1 aliphatic carbocycles. The van der Waals surface area contributed by atoms with Crippen molar-refractivity contribution in [3.8, 4) is 0 Å². The number of ketones is 2. The van der Waals surface area contributed by atoms with Gasteiger partial charge in [0.25, 0.3) is 0 Å². The van der Waals surface area contributed by atoms with E-state index in [0.717, 1.165) is 18.4 Å². The van der Waals surface area contributed by atoms with Crippen LogP contribution in [0.25, 0.3) is 0 Å². The molecule has 1 aromatic rings. The van der Waals surface area contributed by atoms with E-state index in [9.17, 15) is 9.59 Å². The third-order valence-corrected chi connectivity index (χ3v) is 3.15. The van der Waals surface area contributed by atoms with E-state index >= 15 is 0 Å². The fraction of sp³-hybridized carbons (Fsp3) is 0.429. The minimum atomic E-state index is 0.167. The second-order valence-corrected chi connectivity index (χ2v) is 4.49. The first kappa shape index (κ1) is 11.1. The Hall–Kier alpha value is -1.44. The number of Topliss-reactive ketones (excluding diaryl/α,β-unsaturated/α-hetero) is 2. The Kier molecular flexibility index (Phi) is 3.50. The van der Waals surface area contributed by atoms with Crippen molar-refractivity contribution in [2.24, 2.45) is 5.92 Å². The predicted molar refractivity (Wildman–Crippen MR) is 62.4 cm³/mol. The maximum absolute atomic E-state index is 11.9. The number of rotatable bonds is 3. The summed E-state index contributed by atoms with van der Waals surface area (Å²) in [5.74, 6) is 0.756. The molecule has 2 nitrogen and oxygen atoms in total. The molecule has 1 aromatic carbocycles. The summed E-state index contributed by atoms with van der Waals surface area (Å²) in [4.78, 5) is 23.2. The molecule has 0 bridgehead atoms. The molecule has 1 aliphatic rings. The standard InChI is InChI=1S/C14H16O2/c15-13-8-4-5-11(9-13)10-14(16)12-6-2-1-3-7-12/h1-3,6-7,11H,4-5,8-10H2. The zero-order valence-corrected chi connectivity index (χ0v) is 9.32. The largest absolute Gasteiger partial charge is 0.300 e. The number of hydrogen-bond acceptors (Lipinski definition) is 2. The molecule has 2 heteroatoms. The SMILES string of the molecule is O=C1CCCC(CC(=O)c2ccccc2)C1. The highest BCUT2D eigenvalue weighted by molar-refractivity contribution is 5.96. The molecule has 2 rings (SSSR count). The summed E-state index contributed by atoms with van der Waals surface area (Å²) in [6.07, 6.45) is 3.79. The molecular weight excluding hydrogens is 200 g/mol. The van der Waals surface area contributed by atoms with Crippen molar-refractivity contribution in [1.82, 2.24) is 0 Å². The van der Waals surface area contributed by atoms with Gasteiger partial charge in [-0.05, 0) is 18.8 Å². The van der Waals surface area contributed by atoms with Gasteiger partial charge in [-0.3, -0.25) is 9.59 Å². The summed E-state index contributed by atoms with van der Waals surface area (Å²) in [6.45, 7) is 0. The van der Waals surface area contributed by atoms with E-state index in [1.807, 2.05) is 30.3 Å². The van der Waals surface area contributed by atoms with Crippen molar-refractivity contribution in [1.29, 1.82) is 0 Å². The lowest BCUT2D eigenvalue weighted by atomic mass is 9.84. The Balaban J connectivity index is 1.95. The normalized spacial score (nSPS) is 20.8. The van der Waals surface area contributed by atoms with Crippen LogP contribution in [0.4, 0.5) is 0 Å². The Bertz CT molecular complexity index is 381. The van der Waals surface area contributed by atoms with Gasteiger partial charge in [-0.25, -0.2) is 0 Å². The molecule has 16 heavy (non-hydrogen) atoms. The molecule has 0 aliphatic heterocycles. The Morgan fingerprint density at radius 2 is 2.00 bits per heavy atom. The molecule has 0 heterocycles. The Morgan fingerprint density at radius 1 is 1.25 bits per heavy atom. The van der Waals surface area contributed by atoms with Crippen LogP contribution >= 0.6 is 0 Å². The zero-order chi connectivity index (χ0) is 11.4. The van der Waals surface area contributed by atoms with E-state index in [4.69, 9.17) is 0 Å². The zero-order valence-electron chi connectivity index (χ0n) is 9.32. The summed E-state index contributed by atoms with van der Waals surface area (Å²) in [5.41, 5.74) is 0.764. The van der Waals surface area contributed by atoms with Gasteiger partial charge in [-0.15, -0.1) is 0 Å². The van der Waals surface area contributed by atoms with Crippen LogP contribution in [0.1, 0.15) is 42.5 Å². The first-order valence-corrected chi connectivity index (χ1v) is 5.85. The van der Waals surface area contributed by atoms with Gasteiger partial charge < -0.3 is 0 Å². The number of carbonyl (C=O) groups is 2. The third-order valence-electron chi connectivity index (χ3n) is 3.15. The Morgan fingerprint density at radius 3 is 2.69 bits per heavy atom. The van der Waals surface area contributed by atoms with Crippen LogP contribution < -0.4 is 0 Å². The number of hydrogen-bond donors (Lipinski definition) is 0. The quantitative estimate of drug-likeness (QED) is 0.728. The number of benzene rings is 1. The van der Waals surface area contributed by atoms with Crippen LogP contribution in [0.2, 0.25) is 0 Å². The lowest BCUT2D eigenvalue weighted by Crippen LogP contribution is -2.18. The van der Waals surface area contributed by atoms with Crippen LogP contribution in [0.5, 0.6) is 0 Å². The summed E-state index contributed by atoms with van der Waals surface area (Å²) >= 11 is 0. The first-order valence-electron chi connectivity index (χ1n) is 5.85. The molecule has 0 radical (unpaired) electrons. The van der Waals surface area contributed by atoms with Gasteiger partial charge in [0.15, 0.2) is 5.78 Å². The van der Waals surface area contributed by atoms with Gasteiger partial charge in [-0.1, -0.05) is 30.3 Å². The molecular formula is C14H16O2. The molecule has 0 amide bonds. The van der Waals surface area contributed by atoms with Crippen LogP contribution in [-0.2, 0) is 4.79 Å². The molecule has 1 fully saturated rings. The van der Waals surface area contributed by atoms with Crippen LogP contribution in [0.15, 0.2) is 30.3 Å². The maximum Gasteiger partial charge on any atom is 0.163 e. The van der Waals surface area contributed by atoms with Crippen LogP contribution in [0, 0.1) is 5.92 Å². The van der Waals surface area contributed by atoms with E-state index in [2.05, 4.69) is 0 Å².